The molecule has 94 valence electrons. The molecule has 3 heteroatoms. The fourth-order valence-corrected chi connectivity index (χ4v) is 2.07. The van der Waals surface area contributed by atoms with Crippen LogP contribution in [-0.4, -0.2) is 17.3 Å². The van der Waals surface area contributed by atoms with E-state index in [0.717, 1.165) is 12.0 Å². The summed E-state index contributed by atoms with van der Waals surface area (Å²) in [6.07, 6.45) is 0.787. The van der Waals surface area contributed by atoms with Gasteiger partial charge < -0.3 is 5.32 Å². The monoisotopic (exact) mass is 253 g/mol. The van der Waals surface area contributed by atoms with Gasteiger partial charge in [-0.2, -0.15) is 0 Å². The topological polar surface area (TPSA) is 29.1 Å². The Morgan fingerprint density at radius 2 is 1.82 bits per heavy atom. The molecule has 17 heavy (non-hydrogen) atoms. The summed E-state index contributed by atoms with van der Waals surface area (Å²) in [4.78, 5) is 12.0. The van der Waals surface area contributed by atoms with Crippen molar-refractivity contribution in [3.63, 3.8) is 0 Å². The van der Waals surface area contributed by atoms with Crippen LogP contribution in [-0.2, 0) is 4.79 Å². The number of amides is 1. The molecule has 1 rings (SSSR count). The van der Waals surface area contributed by atoms with Gasteiger partial charge in [0.1, 0.15) is 0 Å². The van der Waals surface area contributed by atoms with Crippen LogP contribution >= 0.6 is 11.6 Å². The van der Waals surface area contributed by atoms with Gasteiger partial charge in [0, 0.05) is 11.4 Å². The average Bonchev–Trinajstić information content (AvgIpc) is 2.28. The van der Waals surface area contributed by atoms with Crippen molar-refractivity contribution in [3.05, 3.63) is 35.9 Å². The first-order chi connectivity index (χ1) is 8.00. The molecule has 1 amide bonds. The summed E-state index contributed by atoms with van der Waals surface area (Å²) >= 11 is 5.90. The van der Waals surface area contributed by atoms with Gasteiger partial charge in [-0.1, -0.05) is 30.3 Å². The van der Waals surface area contributed by atoms with Crippen molar-refractivity contribution in [1.29, 1.82) is 0 Å². The lowest BCUT2D eigenvalue weighted by molar-refractivity contribution is -0.122. The summed E-state index contributed by atoms with van der Waals surface area (Å²) in [6.45, 7) is 5.83. The highest BCUT2D eigenvalue weighted by Crippen LogP contribution is 2.15. The van der Waals surface area contributed by atoms with Crippen molar-refractivity contribution in [2.24, 2.45) is 0 Å². The van der Waals surface area contributed by atoms with E-state index in [9.17, 15) is 4.79 Å². The van der Waals surface area contributed by atoms with Crippen molar-refractivity contribution in [2.45, 2.75) is 44.5 Å². The molecule has 0 spiro atoms. The zero-order valence-electron chi connectivity index (χ0n) is 10.6. The van der Waals surface area contributed by atoms with Gasteiger partial charge in [0.25, 0.3) is 0 Å². The van der Waals surface area contributed by atoms with Crippen LogP contribution in [0.3, 0.4) is 0 Å². The van der Waals surface area contributed by atoms with Crippen LogP contribution < -0.4 is 5.32 Å². The Morgan fingerprint density at radius 1 is 1.24 bits per heavy atom. The molecule has 3 unspecified atom stereocenters. The molecule has 0 heterocycles. The third-order valence-electron chi connectivity index (χ3n) is 2.76. The first-order valence-electron chi connectivity index (χ1n) is 6.00. The molecule has 0 aliphatic carbocycles. The zero-order valence-corrected chi connectivity index (χ0v) is 11.4. The van der Waals surface area contributed by atoms with E-state index in [1.165, 1.54) is 0 Å². The normalized spacial score (nSPS) is 16.0. The molecule has 0 fully saturated rings. The lowest BCUT2D eigenvalue weighted by Crippen LogP contribution is -2.36. The Bertz CT molecular complexity index is 350. The minimum atomic E-state index is -0.121. The Kier molecular flexibility index (Phi) is 5.49. The van der Waals surface area contributed by atoms with Crippen LogP contribution in [0.15, 0.2) is 30.3 Å². The average molecular weight is 254 g/mol. The lowest BCUT2D eigenvalue weighted by atomic mass is 10.00. The Labute approximate surface area is 108 Å². The van der Waals surface area contributed by atoms with Gasteiger partial charge in [-0.05, 0) is 32.8 Å². The van der Waals surface area contributed by atoms with E-state index in [0.29, 0.717) is 0 Å². The van der Waals surface area contributed by atoms with Gasteiger partial charge in [0.2, 0.25) is 5.91 Å². The Balaban J connectivity index is 2.53. The summed E-state index contributed by atoms with van der Waals surface area (Å²) in [5.41, 5.74) is 1.04. The van der Waals surface area contributed by atoms with E-state index < -0.39 is 0 Å². The molecular weight excluding hydrogens is 234 g/mol. The van der Waals surface area contributed by atoms with E-state index >= 15 is 0 Å². The fraction of sp³-hybridized carbons (Fsp3) is 0.500. The molecule has 1 N–H and O–H groups in total. The smallest absolute Gasteiger partial charge is 0.227 e. The molecule has 0 aromatic heterocycles. The highest BCUT2D eigenvalue weighted by atomic mass is 35.5. The van der Waals surface area contributed by atoms with Gasteiger partial charge in [-0.25, -0.2) is 0 Å². The van der Waals surface area contributed by atoms with Crippen LogP contribution in [0, 0.1) is 0 Å². The standard InChI is InChI=1S/C14H20ClNO/c1-10(15)9-11(2)16-14(17)12(3)13-7-5-4-6-8-13/h4-8,10-12H,9H2,1-3H3,(H,16,17). The van der Waals surface area contributed by atoms with Crippen LogP contribution in [0.1, 0.15) is 38.7 Å². The van der Waals surface area contributed by atoms with Crippen molar-refractivity contribution < 1.29 is 4.79 Å². The molecule has 2 nitrogen and oxygen atoms in total. The summed E-state index contributed by atoms with van der Waals surface area (Å²) in [7, 11) is 0. The molecule has 0 saturated carbocycles. The highest BCUT2D eigenvalue weighted by molar-refractivity contribution is 6.20. The predicted molar refractivity (Wildman–Crippen MR) is 72.4 cm³/mol. The summed E-state index contributed by atoms with van der Waals surface area (Å²) in [6, 6.07) is 9.90. The van der Waals surface area contributed by atoms with Crippen LogP contribution in [0.5, 0.6) is 0 Å². The van der Waals surface area contributed by atoms with Crippen molar-refractivity contribution >= 4 is 17.5 Å². The van der Waals surface area contributed by atoms with Crippen molar-refractivity contribution in [1.82, 2.24) is 5.32 Å². The number of hydrogen-bond donors (Lipinski definition) is 1. The van der Waals surface area contributed by atoms with E-state index in [1.807, 2.05) is 51.1 Å². The number of nitrogens with one attached hydrogen (secondary N) is 1. The molecule has 0 saturated heterocycles. The number of carbonyl (C=O) groups excluding carboxylic acids is 1. The second kappa shape index (κ2) is 6.65. The lowest BCUT2D eigenvalue weighted by Gasteiger charge is -2.18. The quantitative estimate of drug-likeness (QED) is 0.802. The first kappa shape index (κ1) is 14.0. The van der Waals surface area contributed by atoms with Gasteiger partial charge in [0.15, 0.2) is 0 Å². The van der Waals surface area contributed by atoms with Gasteiger partial charge in [-0.3, -0.25) is 4.79 Å². The Morgan fingerprint density at radius 3 is 2.35 bits per heavy atom. The minimum absolute atomic E-state index is 0.0565. The molecular formula is C14H20ClNO. The van der Waals surface area contributed by atoms with E-state index in [1.54, 1.807) is 0 Å². The van der Waals surface area contributed by atoms with E-state index in [4.69, 9.17) is 11.6 Å². The Hall–Kier alpha value is -1.02. The molecule has 1 aromatic rings. The molecule has 0 aliphatic rings. The number of hydrogen-bond acceptors (Lipinski definition) is 1. The summed E-state index contributed by atoms with van der Waals surface area (Å²) in [5, 5.41) is 3.07. The predicted octanol–water partition coefficient (Wildman–Crippen LogP) is 3.31. The largest absolute Gasteiger partial charge is 0.353 e. The number of carbonyl (C=O) groups is 1. The minimum Gasteiger partial charge on any atom is -0.353 e. The van der Waals surface area contributed by atoms with Gasteiger partial charge in [0.05, 0.1) is 5.92 Å². The fourth-order valence-electron chi connectivity index (χ4n) is 1.81. The van der Waals surface area contributed by atoms with Crippen LogP contribution in [0.25, 0.3) is 0 Å². The number of halogens is 1. The third kappa shape index (κ3) is 4.78. The number of benzene rings is 1. The van der Waals surface area contributed by atoms with Crippen LogP contribution in [0.2, 0.25) is 0 Å². The maximum Gasteiger partial charge on any atom is 0.227 e. The highest BCUT2D eigenvalue weighted by Gasteiger charge is 2.17. The second-order valence-corrected chi connectivity index (χ2v) is 5.30. The third-order valence-corrected chi connectivity index (χ3v) is 2.94. The number of alkyl halides is 1. The van der Waals surface area contributed by atoms with Crippen LogP contribution in [0.4, 0.5) is 0 Å². The van der Waals surface area contributed by atoms with Crippen molar-refractivity contribution in [3.8, 4) is 0 Å². The second-order valence-electron chi connectivity index (χ2n) is 4.56. The SMILES string of the molecule is CC(Cl)CC(C)NC(=O)C(C)c1ccccc1. The molecule has 0 aliphatic heterocycles. The number of rotatable bonds is 5. The van der Waals surface area contributed by atoms with E-state index in [-0.39, 0.29) is 23.2 Å². The van der Waals surface area contributed by atoms with E-state index in [2.05, 4.69) is 5.32 Å². The van der Waals surface area contributed by atoms with Crippen molar-refractivity contribution in [2.75, 3.05) is 0 Å². The molecule has 0 bridgehead atoms. The summed E-state index contributed by atoms with van der Waals surface area (Å²) < 4.78 is 0. The zero-order chi connectivity index (χ0) is 12.8. The molecule has 0 radical (unpaired) electrons. The summed E-state index contributed by atoms with van der Waals surface area (Å²) in [5.74, 6) is -0.0645. The maximum atomic E-state index is 12.0. The molecule has 1 aromatic carbocycles. The maximum absolute atomic E-state index is 12.0. The molecule has 3 atom stereocenters. The van der Waals surface area contributed by atoms with Gasteiger partial charge in [-0.15, -0.1) is 11.6 Å². The van der Waals surface area contributed by atoms with Gasteiger partial charge >= 0.3 is 0 Å². The first-order valence-corrected chi connectivity index (χ1v) is 6.43.